The van der Waals surface area contributed by atoms with Gasteiger partial charge in [-0.1, -0.05) is 47.7 Å². The van der Waals surface area contributed by atoms with Gasteiger partial charge in [0.15, 0.2) is 6.61 Å². The molecule has 7 heteroatoms. The number of hydrogen-bond acceptors (Lipinski definition) is 5. The lowest BCUT2D eigenvalue weighted by atomic mass is 10.2. The summed E-state index contributed by atoms with van der Waals surface area (Å²) in [6.45, 7) is -0.158. The molecule has 1 aromatic heterocycles. The number of anilines is 2. The van der Waals surface area contributed by atoms with E-state index in [9.17, 15) is 9.00 Å². The molecule has 4 aromatic rings. The Balaban J connectivity index is 1.47. The van der Waals surface area contributed by atoms with Crippen LogP contribution < -0.4 is 9.64 Å². The molecule has 0 spiro atoms. The molecule has 1 amide bonds. The summed E-state index contributed by atoms with van der Waals surface area (Å²) in [6, 6.07) is 22.2. The van der Waals surface area contributed by atoms with Crippen molar-refractivity contribution in [2.75, 3.05) is 11.5 Å². The predicted molar refractivity (Wildman–Crippen MR) is 110 cm³/mol. The van der Waals surface area contributed by atoms with Crippen molar-refractivity contribution in [2.45, 2.75) is 9.79 Å². The molecule has 138 valence electrons. The summed E-state index contributed by atoms with van der Waals surface area (Å²) in [5.41, 5.74) is 2.09. The lowest BCUT2D eigenvalue weighted by Gasteiger charge is -2.30. The fourth-order valence-electron chi connectivity index (χ4n) is 3.22. The fraction of sp³-hybridized carbons (Fsp3) is 0.0476. The van der Waals surface area contributed by atoms with Crippen molar-refractivity contribution < 1.29 is 13.7 Å². The summed E-state index contributed by atoms with van der Waals surface area (Å²) < 4.78 is 19.6. The highest BCUT2D eigenvalue weighted by Gasteiger charge is 2.31. The first-order chi connectivity index (χ1) is 13.7. The van der Waals surface area contributed by atoms with Crippen LogP contribution in [0.15, 0.2) is 82.6 Å². The zero-order chi connectivity index (χ0) is 19.1. The Morgan fingerprint density at radius 1 is 0.929 bits per heavy atom. The third-order valence-electron chi connectivity index (χ3n) is 4.45. The minimum Gasteiger partial charge on any atom is -0.460 e. The molecule has 0 N–H and O–H groups in total. The van der Waals surface area contributed by atoms with Crippen LogP contribution >= 0.6 is 11.3 Å². The van der Waals surface area contributed by atoms with Crippen molar-refractivity contribution in [1.82, 2.24) is 4.98 Å². The molecular weight excluding hydrogens is 392 g/mol. The van der Waals surface area contributed by atoms with Crippen molar-refractivity contribution in [1.29, 1.82) is 0 Å². The molecule has 0 fully saturated rings. The summed E-state index contributed by atoms with van der Waals surface area (Å²) in [6.07, 6.45) is 0. The Kier molecular flexibility index (Phi) is 4.18. The van der Waals surface area contributed by atoms with Gasteiger partial charge >= 0.3 is 0 Å². The number of amides is 1. The second-order valence-corrected chi connectivity index (χ2v) is 8.58. The van der Waals surface area contributed by atoms with Crippen LogP contribution in [0.5, 0.6) is 5.19 Å². The minimum atomic E-state index is -1.32. The average Bonchev–Trinajstić information content (AvgIpc) is 3.16. The van der Waals surface area contributed by atoms with Gasteiger partial charge in [0.1, 0.15) is 0 Å². The van der Waals surface area contributed by atoms with E-state index < -0.39 is 10.8 Å². The normalized spacial score (nSPS) is 13.2. The van der Waals surface area contributed by atoms with Crippen LogP contribution in [-0.4, -0.2) is 21.7 Å². The van der Waals surface area contributed by atoms with E-state index in [1.807, 2.05) is 48.5 Å². The molecule has 0 aliphatic carbocycles. The number of benzene rings is 3. The SMILES string of the molecule is O=C(COc1nc2ccccc2s1)N1c2ccccc2S(=O)c2ccccc21. The van der Waals surface area contributed by atoms with Gasteiger partial charge in [-0.15, -0.1) is 0 Å². The van der Waals surface area contributed by atoms with Gasteiger partial charge in [-0.3, -0.25) is 9.69 Å². The third kappa shape index (κ3) is 2.80. The molecule has 0 saturated carbocycles. The number of fused-ring (bicyclic) bond motifs is 3. The summed E-state index contributed by atoms with van der Waals surface area (Å²) >= 11 is 1.40. The highest BCUT2D eigenvalue weighted by Crippen LogP contribution is 2.41. The maximum atomic E-state index is 13.1. The van der Waals surface area contributed by atoms with Gasteiger partial charge in [-0.05, 0) is 36.4 Å². The van der Waals surface area contributed by atoms with Crippen molar-refractivity contribution in [3.8, 4) is 5.19 Å². The van der Waals surface area contributed by atoms with Crippen LogP contribution in [0.2, 0.25) is 0 Å². The predicted octanol–water partition coefficient (Wildman–Crippen LogP) is 4.52. The molecule has 1 aliphatic heterocycles. The molecule has 5 nitrogen and oxygen atoms in total. The molecular formula is C21H14N2O3S2. The van der Waals surface area contributed by atoms with Crippen LogP contribution in [0.1, 0.15) is 0 Å². The number of carbonyl (C=O) groups is 1. The average molecular weight is 406 g/mol. The Hall–Kier alpha value is -3.03. The molecule has 2 heterocycles. The first-order valence-electron chi connectivity index (χ1n) is 8.63. The molecule has 3 aromatic carbocycles. The number of ether oxygens (including phenoxy) is 1. The second-order valence-electron chi connectivity index (χ2n) is 6.17. The fourth-order valence-corrected chi connectivity index (χ4v) is 5.37. The number of thiazole rings is 1. The summed E-state index contributed by atoms with van der Waals surface area (Å²) in [5.74, 6) is -0.240. The number of hydrogen-bond donors (Lipinski definition) is 0. The van der Waals surface area contributed by atoms with E-state index in [2.05, 4.69) is 4.98 Å². The number of carbonyl (C=O) groups excluding carboxylic acids is 1. The van der Waals surface area contributed by atoms with E-state index >= 15 is 0 Å². The lowest BCUT2D eigenvalue weighted by molar-refractivity contribution is -0.119. The number of rotatable bonds is 3. The number of para-hydroxylation sites is 3. The first kappa shape index (κ1) is 17.1. The van der Waals surface area contributed by atoms with E-state index in [0.717, 1.165) is 10.2 Å². The molecule has 0 radical (unpaired) electrons. The Morgan fingerprint density at radius 3 is 2.21 bits per heavy atom. The van der Waals surface area contributed by atoms with Crippen molar-refractivity contribution in [3.63, 3.8) is 0 Å². The van der Waals surface area contributed by atoms with Gasteiger partial charge in [0, 0.05) is 0 Å². The molecule has 0 atom stereocenters. The highest BCUT2D eigenvalue weighted by molar-refractivity contribution is 7.85. The smallest absolute Gasteiger partial charge is 0.274 e. The zero-order valence-corrected chi connectivity index (χ0v) is 16.2. The van der Waals surface area contributed by atoms with E-state index in [4.69, 9.17) is 4.74 Å². The van der Waals surface area contributed by atoms with E-state index in [0.29, 0.717) is 26.4 Å². The van der Waals surface area contributed by atoms with Crippen molar-refractivity contribution in [2.24, 2.45) is 0 Å². The minimum absolute atomic E-state index is 0.158. The Labute approximate surface area is 167 Å². The van der Waals surface area contributed by atoms with Crippen LogP contribution in [-0.2, 0) is 15.6 Å². The monoisotopic (exact) mass is 406 g/mol. The van der Waals surface area contributed by atoms with Gasteiger partial charge in [-0.2, -0.15) is 0 Å². The van der Waals surface area contributed by atoms with Crippen molar-refractivity contribution in [3.05, 3.63) is 72.8 Å². The Bertz CT molecular complexity index is 1150. The third-order valence-corrected chi connectivity index (χ3v) is 6.89. The van der Waals surface area contributed by atoms with Gasteiger partial charge in [-0.25, -0.2) is 9.19 Å². The van der Waals surface area contributed by atoms with Crippen molar-refractivity contribution >= 4 is 49.6 Å². The zero-order valence-electron chi connectivity index (χ0n) is 14.6. The molecule has 28 heavy (non-hydrogen) atoms. The maximum Gasteiger partial charge on any atom is 0.274 e. The van der Waals surface area contributed by atoms with Gasteiger partial charge in [0.2, 0.25) is 0 Å². The van der Waals surface area contributed by atoms with Crippen LogP contribution in [0.3, 0.4) is 0 Å². The Morgan fingerprint density at radius 2 is 1.54 bits per heavy atom. The topological polar surface area (TPSA) is 59.5 Å². The van der Waals surface area contributed by atoms with Gasteiger partial charge in [0.05, 0.1) is 42.2 Å². The van der Waals surface area contributed by atoms with E-state index in [-0.39, 0.29) is 12.5 Å². The molecule has 1 aliphatic rings. The molecule has 5 rings (SSSR count). The molecule has 0 bridgehead atoms. The van der Waals surface area contributed by atoms with Crippen LogP contribution in [0, 0.1) is 0 Å². The number of nitrogens with zero attached hydrogens (tertiary/aromatic N) is 2. The van der Waals surface area contributed by atoms with Gasteiger partial charge < -0.3 is 4.74 Å². The quantitative estimate of drug-likeness (QED) is 0.502. The largest absolute Gasteiger partial charge is 0.460 e. The van der Waals surface area contributed by atoms with Crippen LogP contribution in [0.25, 0.3) is 10.2 Å². The van der Waals surface area contributed by atoms with E-state index in [1.54, 1.807) is 29.2 Å². The van der Waals surface area contributed by atoms with E-state index in [1.165, 1.54) is 11.3 Å². The first-order valence-corrected chi connectivity index (χ1v) is 10.6. The standard InChI is InChI=1S/C21H14N2O3S2/c24-20(13-26-21-22-14-7-1-4-10-17(14)27-21)23-15-8-2-5-11-18(15)28(25)19-12-6-3-9-16(19)23/h1-12H,13H2. The summed E-state index contributed by atoms with van der Waals surface area (Å²) in [4.78, 5) is 20.3. The van der Waals surface area contributed by atoms with Crippen LogP contribution in [0.4, 0.5) is 11.4 Å². The molecule has 0 saturated heterocycles. The van der Waals surface area contributed by atoms with Gasteiger partial charge in [0.25, 0.3) is 11.1 Å². The number of aromatic nitrogens is 1. The molecule has 0 unspecified atom stereocenters. The maximum absolute atomic E-state index is 13.1. The highest BCUT2D eigenvalue weighted by atomic mass is 32.2. The lowest BCUT2D eigenvalue weighted by Crippen LogP contribution is -2.34. The second kappa shape index (κ2) is 6.85. The summed E-state index contributed by atoms with van der Waals surface area (Å²) in [7, 11) is -1.32. The summed E-state index contributed by atoms with van der Waals surface area (Å²) in [5, 5.41) is 0.455.